The lowest BCUT2D eigenvalue weighted by atomic mass is 10.1. The summed E-state index contributed by atoms with van der Waals surface area (Å²) in [5.74, 6) is -1.04. The minimum atomic E-state index is -1.04. The number of carboxylic acids is 1. The van der Waals surface area contributed by atoms with Gasteiger partial charge in [-0.15, -0.1) is 11.3 Å². The molecule has 5 nitrogen and oxygen atoms in total. The molecule has 5 rings (SSSR count). The summed E-state index contributed by atoms with van der Waals surface area (Å²) in [6.45, 7) is 0.519. The third-order valence-corrected chi connectivity index (χ3v) is 6.41. The first-order chi connectivity index (χ1) is 13.6. The molecule has 2 aromatic carbocycles. The van der Waals surface area contributed by atoms with Crippen molar-refractivity contribution >= 4 is 49.9 Å². The Morgan fingerprint density at radius 2 is 2.04 bits per heavy atom. The number of aromatic amines is 1. The summed E-state index contributed by atoms with van der Waals surface area (Å²) in [4.78, 5) is 12.2. The van der Waals surface area contributed by atoms with Crippen LogP contribution in [0, 0.1) is 0 Å². The summed E-state index contributed by atoms with van der Waals surface area (Å²) in [5, 5.41) is 18.7. The van der Waals surface area contributed by atoms with Crippen LogP contribution in [0.4, 0.5) is 0 Å². The molecule has 0 amide bonds. The van der Waals surface area contributed by atoms with Crippen molar-refractivity contribution in [3.63, 3.8) is 0 Å². The molecule has 0 aliphatic rings. The van der Waals surface area contributed by atoms with Crippen LogP contribution in [0.5, 0.6) is 0 Å². The first-order valence-corrected chi connectivity index (χ1v) is 9.83. The number of aromatic nitrogens is 3. The summed E-state index contributed by atoms with van der Waals surface area (Å²) < 4.78 is 3.17. The molecule has 0 aliphatic carbocycles. The quantitative estimate of drug-likeness (QED) is 0.404. The molecule has 0 fully saturated rings. The van der Waals surface area contributed by atoms with Crippen molar-refractivity contribution in [3.8, 4) is 10.4 Å². The fourth-order valence-electron chi connectivity index (χ4n) is 3.38. The lowest BCUT2D eigenvalue weighted by Gasteiger charge is -2.05. The van der Waals surface area contributed by atoms with Crippen LogP contribution in [-0.2, 0) is 6.54 Å². The largest absolute Gasteiger partial charge is 0.476 e. The van der Waals surface area contributed by atoms with Crippen LogP contribution < -0.4 is 0 Å². The maximum atomic E-state index is 11.0. The number of carboxylic acid groups (broad SMARTS) is 1. The number of halogens is 1. The lowest BCUT2D eigenvalue weighted by molar-refractivity contribution is 0.0690. The molecule has 3 heterocycles. The van der Waals surface area contributed by atoms with Crippen LogP contribution in [0.25, 0.3) is 31.4 Å². The van der Waals surface area contributed by atoms with Gasteiger partial charge in [0, 0.05) is 16.6 Å². The molecule has 138 valence electrons. The van der Waals surface area contributed by atoms with Crippen LogP contribution >= 0.6 is 22.9 Å². The summed E-state index contributed by atoms with van der Waals surface area (Å²) in [6.07, 6.45) is 2.00. The number of aromatic carboxylic acids is 1. The Morgan fingerprint density at radius 1 is 1.14 bits per heavy atom. The third kappa shape index (κ3) is 2.87. The minimum absolute atomic E-state index is 0.0225. The third-order valence-electron chi connectivity index (χ3n) is 4.75. The fraction of sp³-hybridized carbons (Fsp3) is 0.0476. The Bertz CT molecular complexity index is 1350. The highest BCUT2D eigenvalue weighted by atomic mass is 35.5. The number of benzene rings is 2. The van der Waals surface area contributed by atoms with Crippen molar-refractivity contribution in [1.29, 1.82) is 0 Å². The van der Waals surface area contributed by atoms with Crippen molar-refractivity contribution < 1.29 is 9.90 Å². The molecule has 7 heteroatoms. The van der Waals surface area contributed by atoms with Gasteiger partial charge in [-0.1, -0.05) is 35.9 Å². The van der Waals surface area contributed by atoms with Crippen molar-refractivity contribution in [1.82, 2.24) is 14.8 Å². The van der Waals surface area contributed by atoms with Crippen LogP contribution in [0.2, 0.25) is 5.02 Å². The van der Waals surface area contributed by atoms with E-state index >= 15 is 0 Å². The normalized spacial score (nSPS) is 11.5. The van der Waals surface area contributed by atoms with Crippen molar-refractivity contribution in [2.24, 2.45) is 0 Å². The maximum absolute atomic E-state index is 11.0. The number of nitrogens with one attached hydrogen (secondary N) is 1. The van der Waals surface area contributed by atoms with Gasteiger partial charge < -0.3 is 9.67 Å². The number of nitrogens with zero attached hydrogens (tertiary/aromatic N) is 2. The van der Waals surface area contributed by atoms with Gasteiger partial charge in [-0.2, -0.15) is 5.10 Å². The first-order valence-electron chi connectivity index (χ1n) is 8.63. The Labute approximate surface area is 168 Å². The van der Waals surface area contributed by atoms with E-state index in [1.165, 1.54) is 0 Å². The molecule has 28 heavy (non-hydrogen) atoms. The van der Waals surface area contributed by atoms with E-state index in [-0.39, 0.29) is 5.69 Å². The van der Waals surface area contributed by atoms with E-state index in [0.717, 1.165) is 42.1 Å². The van der Waals surface area contributed by atoms with Gasteiger partial charge in [-0.05, 0) is 46.7 Å². The zero-order chi connectivity index (χ0) is 19.3. The molecular weight excluding hydrogens is 394 g/mol. The molecule has 0 aliphatic heterocycles. The number of hydrogen-bond acceptors (Lipinski definition) is 3. The second kappa shape index (κ2) is 6.51. The molecule has 5 aromatic rings. The predicted molar refractivity (Wildman–Crippen MR) is 112 cm³/mol. The van der Waals surface area contributed by atoms with Gasteiger partial charge in [0.15, 0.2) is 5.69 Å². The van der Waals surface area contributed by atoms with Crippen LogP contribution in [0.15, 0.2) is 60.8 Å². The molecule has 0 radical (unpaired) electrons. The number of thiophene rings is 1. The summed E-state index contributed by atoms with van der Waals surface area (Å²) in [6, 6.07) is 18.1. The Hall–Kier alpha value is -3.09. The maximum Gasteiger partial charge on any atom is 0.356 e. The average Bonchev–Trinajstić information content (AvgIpc) is 3.40. The first kappa shape index (κ1) is 17.0. The molecule has 0 bridgehead atoms. The van der Waals surface area contributed by atoms with Crippen LogP contribution in [0.1, 0.15) is 16.2 Å². The van der Waals surface area contributed by atoms with Crippen LogP contribution in [-0.4, -0.2) is 25.8 Å². The van der Waals surface area contributed by atoms with Gasteiger partial charge >= 0.3 is 5.97 Å². The monoisotopic (exact) mass is 407 g/mol. The van der Waals surface area contributed by atoms with Gasteiger partial charge in [0.05, 0.1) is 22.0 Å². The van der Waals surface area contributed by atoms with E-state index in [4.69, 9.17) is 16.7 Å². The standard InChI is InChI=1S/C21H14ClN3O2S/c22-16-3-1-2-14-9-19(28-20(14)16)13-5-4-12-6-7-25(18(12)8-13)11-15-10-17(21(26)27)24-23-15/h1-10H,11H2,(H,23,24)(H,26,27). The number of rotatable bonds is 4. The van der Waals surface area contributed by atoms with Crippen molar-refractivity contribution in [2.75, 3.05) is 0 Å². The highest BCUT2D eigenvalue weighted by Crippen LogP contribution is 2.38. The van der Waals surface area contributed by atoms with E-state index in [9.17, 15) is 4.79 Å². The van der Waals surface area contributed by atoms with E-state index < -0.39 is 5.97 Å². The van der Waals surface area contributed by atoms with Gasteiger partial charge in [0.25, 0.3) is 0 Å². The smallest absolute Gasteiger partial charge is 0.356 e. The van der Waals surface area contributed by atoms with Gasteiger partial charge in [0.2, 0.25) is 0 Å². The second-order valence-electron chi connectivity index (χ2n) is 6.57. The van der Waals surface area contributed by atoms with Crippen LogP contribution in [0.3, 0.4) is 0 Å². The Kier molecular flexibility index (Phi) is 3.96. The lowest BCUT2D eigenvalue weighted by Crippen LogP contribution is -1.98. The highest BCUT2D eigenvalue weighted by Gasteiger charge is 2.11. The van der Waals surface area contributed by atoms with E-state index in [1.54, 1.807) is 17.4 Å². The summed E-state index contributed by atoms with van der Waals surface area (Å²) in [7, 11) is 0. The molecular formula is C21H14ClN3O2S. The highest BCUT2D eigenvalue weighted by molar-refractivity contribution is 7.22. The topological polar surface area (TPSA) is 70.9 Å². The fourth-order valence-corrected chi connectivity index (χ4v) is 4.74. The molecule has 0 unspecified atom stereocenters. The molecule has 3 aromatic heterocycles. The number of hydrogen-bond donors (Lipinski definition) is 2. The van der Waals surface area contributed by atoms with Crippen molar-refractivity contribution in [3.05, 3.63) is 77.2 Å². The van der Waals surface area contributed by atoms with Crippen molar-refractivity contribution in [2.45, 2.75) is 6.54 Å². The predicted octanol–water partition coefficient (Wildman–Crippen LogP) is 5.65. The Morgan fingerprint density at radius 3 is 2.82 bits per heavy atom. The van der Waals surface area contributed by atoms with Gasteiger partial charge in [-0.25, -0.2) is 4.79 Å². The number of H-pyrrole nitrogens is 1. The molecule has 0 spiro atoms. The van der Waals surface area contributed by atoms with E-state index in [1.807, 2.05) is 18.3 Å². The van der Waals surface area contributed by atoms with E-state index in [0.29, 0.717) is 6.54 Å². The number of fused-ring (bicyclic) bond motifs is 2. The zero-order valence-electron chi connectivity index (χ0n) is 14.5. The Balaban J connectivity index is 1.55. The average molecular weight is 408 g/mol. The zero-order valence-corrected chi connectivity index (χ0v) is 16.1. The van der Waals surface area contributed by atoms with Gasteiger partial charge in [-0.3, -0.25) is 5.10 Å². The van der Waals surface area contributed by atoms with E-state index in [2.05, 4.69) is 51.2 Å². The number of carbonyl (C=O) groups is 1. The minimum Gasteiger partial charge on any atom is -0.476 e. The molecule has 2 N–H and O–H groups in total. The van der Waals surface area contributed by atoms with Gasteiger partial charge in [0.1, 0.15) is 0 Å². The molecule has 0 saturated heterocycles. The summed E-state index contributed by atoms with van der Waals surface area (Å²) in [5.41, 5.74) is 2.97. The molecule has 0 atom stereocenters. The second-order valence-corrected chi connectivity index (χ2v) is 8.03. The summed E-state index contributed by atoms with van der Waals surface area (Å²) >= 11 is 8.01. The SMILES string of the molecule is O=C(O)c1cc(Cn2ccc3ccc(-c4cc5cccc(Cl)c5s4)cc32)[nH]n1. The molecule has 0 saturated carbocycles.